The first-order valence-electron chi connectivity index (χ1n) is 0.783. The molecule has 0 rings (SSSR count). The minimum Gasteiger partial charge on any atom is 0 e. The molecule has 0 aliphatic rings. The van der Waals surface area contributed by atoms with Crippen molar-refractivity contribution in [2.75, 3.05) is 0 Å². The first-order chi connectivity index (χ1) is 2.00. The second-order valence-corrected chi connectivity index (χ2v) is 1.54. The molecule has 0 bridgehead atoms. The Morgan fingerprint density at radius 2 is 1.00 bits per heavy atom. The number of rotatable bonds is 0. The van der Waals surface area contributed by atoms with Crippen LogP contribution in [0.2, 0.25) is 0 Å². The van der Waals surface area contributed by atoms with Crippen molar-refractivity contribution in [2.24, 2.45) is 0 Å². The fraction of sp³-hybridized carbons (Fsp3) is 0. The molecule has 11 heavy (non-hydrogen) atoms. The molecule has 0 heterocycles. The summed E-state index contributed by atoms with van der Waals surface area (Å²) in [5.74, 6) is 0. The van der Waals surface area contributed by atoms with Crippen LogP contribution < -0.4 is 0 Å². The van der Waals surface area contributed by atoms with E-state index in [0.717, 1.165) is 0 Å². The van der Waals surface area contributed by atoms with Crippen molar-refractivity contribution >= 4 is 135 Å². The maximum atomic E-state index is 8.88. The summed E-state index contributed by atoms with van der Waals surface area (Å²) in [4.78, 5) is 21.6. The average Bonchev–Trinajstić information content (AvgIpc) is 0.722. The zero-order valence-electron chi connectivity index (χ0n) is 3.27. The maximum Gasteiger partial charge on any atom is 0 e. The van der Waals surface area contributed by atoms with Gasteiger partial charge in [0.15, 0.2) is 17.4 Å². The van der Waals surface area contributed by atoms with Gasteiger partial charge in [-0.3, -0.25) is 0 Å². The van der Waals surface area contributed by atoms with Crippen LogP contribution in [-0.2, 0) is 26.3 Å². The predicted octanol–water partition coefficient (Wildman–Crippen LogP) is -4.60. The Labute approximate surface area is 205 Å². The maximum absolute atomic E-state index is 8.88. The minimum atomic E-state index is -4.64. The van der Waals surface area contributed by atoms with Crippen LogP contribution in [0.5, 0.6) is 0 Å². The molecular weight excluding hydrogens is 491 g/mol. The van der Waals surface area contributed by atoms with Gasteiger partial charge < -0.3 is 14.7 Å². The minimum absolute atomic E-state index is 0. The van der Waals surface area contributed by atoms with Gasteiger partial charge in [0.25, 0.3) is 0 Å². The molecule has 0 aliphatic carbocycles. The first kappa shape index (κ1) is 43.4. The average molecular weight is 502 g/mol. The second kappa shape index (κ2) is 25.1. The Morgan fingerprint density at radius 3 is 1.00 bits per heavy atom. The van der Waals surface area contributed by atoms with Crippen molar-refractivity contribution in [3.05, 3.63) is 0 Å². The van der Waals surface area contributed by atoms with Gasteiger partial charge in [-0.05, 0) is 0 Å². The molecule has 0 aromatic carbocycles. The Bertz CT molecular complexity index is 74.2. The first-order valence-corrected chi connectivity index (χ1v) is 2.35. The van der Waals surface area contributed by atoms with Crippen molar-refractivity contribution in [3.8, 4) is 0 Å². The molecule has 55 valence electrons. The van der Waals surface area contributed by atoms with Crippen molar-refractivity contribution in [1.82, 2.24) is 0 Å². The van der Waals surface area contributed by atoms with Crippen molar-refractivity contribution in [3.63, 3.8) is 0 Å². The molecule has 0 fully saturated rings. The molecule has 0 aromatic heterocycles. The topological polar surface area (TPSA) is 77.8 Å². The quantitative estimate of drug-likeness (QED) is 0.231. The summed E-state index contributed by atoms with van der Waals surface area (Å²) in [7, 11) is -4.64. The number of hydrogen-bond acceptors (Lipinski definition) is 1. The van der Waals surface area contributed by atoms with Crippen LogP contribution in [0, 0.1) is 35.6 Å². The molecule has 0 spiro atoms. The van der Waals surface area contributed by atoms with Crippen LogP contribution >= 0.6 is 7.82 Å². The zero-order valence-corrected chi connectivity index (χ0v) is 9.36. The van der Waals surface area contributed by atoms with Gasteiger partial charge in [-0.25, -0.2) is 4.57 Å². The van der Waals surface area contributed by atoms with E-state index >= 15 is 0 Å². The molecule has 0 unspecified atom stereocenters. The van der Waals surface area contributed by atoms with Crippen molar-refractivity contribution < 1.29 is 76.6 Å². The van der Waals surface area contributed by atoms with E-state index < -0.39 is 7.82 Å². The third-order valence-electron chi connectivity index (χ3n) is 0. The Balaban J connectivity index is -0.00000000533. The van der Waals surface area contributed by atoms with Crippen LogP contribution in [0.3, 0.4) is 0 Å². The van der Waals surface area contributed by atoms with E-state index in [0.29, 0.717) is 0 Å². The van der Waals surface area contributed by atoms with E-state index in [1.54, 1.807) is 0 Å². The van der Waals surface area contributed by atoms with E-state index in [1.807, 2.05) is 0 Å². The Kier molecular flexibility index (Phi) is 99.1. The molecule has 11 heteroatoms. The molecule has 4 nitrogen and oxygen atoms in total. The van der Waals surface area contributed by atoms with Gasteiger partial charge in [0.2, 0.25) is 0 Å². The molecule has 0 saturated heterocycles. The molecule has 0 aliphatic heterocycles. The summed E-state index contributed by atoms with van der Waals surface area (Å²) >= 11 is 0. The Hall–Kier alpha value is 6.11. The van der Waals surface area contributed by atoms with Gasteiger partial charge in [-0.15, -0.1) is 0 Å². The van der Waals surface area contributed by atoms with E-state index in [-0.39, 0.29) is 185 Å². The van der Waals surface area contributed by atoms with Crippen molar-refractivity contribution in [2.45, 2.75) is 0 Å². The fourth-order valence-electron chi connectivity index (χ4n) is 0. The van der Waals surface area contributed by atoms with E-state index in [2.05, 4.69) is 0 Å². The SMILES string of the molecule is O=P(O)(O)O.[AlH3].[La].[LiH].[SrH2].[SrH2].[Ti]. The van der Waals surface area contributed by atoms with Gasteiger partial charge in [0.05, 0.1) is 0 Å². The molecule has 0 atom stereocenters. The smallest absolute Gasteiger partial charge is 0 e. The molecule has 0 saturated carbocycles. The molecule has 1 radical (unpaired) electrons. The van der Waals surface area contributed by atoms with Crippen LogP contribution in [0.15, 0.2) is 0 Å². The standard InChI is InChI=1S/Al.La.Li.H3O4P.2Sr.Ti.8H/c;;;1-5(2,3)4;;;;;;;;;;;/h;;;(H3,1,2,3,4);;;;;;;;;;;. The van der Waals surface area contributed by atoms with Gasteiger partial charge in [0, 0.05) is 57.3 Å². The normalized spacial score (nSPS) is 5.36. The van der Waals surface area contributed by atoms with E-state index in [9.17, 15) is 0 Å². The van der Waals surface area contributed by atoms with Gasteiger partial charge in [0.1, 0.15) is 0 Å². The third kappa shape index (κ3) is 85.9. The summed E-state index contributed by atoms with van der Waals surface area (Å²) in [6.45, 7) is 0. The van der Waals surface area contributed by atoms with Gasteiger partial charge in [-0.2, -0.15) is 0 Å². The monoisotopic (exact) mass is 503 g/mol. The summed E-state index contributed by atoms with van der Waals surface area (Å²) in [6, 6.07) is 0. The summed E-state index contributed by atoms with van der Waals surface area (Å²) in [5.41, 5.74) is 0. The summed E-state index contributed by atoms with van der Waals surface area (Å²) in [5, 5.41) is 0. The van der Waals surface area contributed by atoms with Crippen LogP contribution in [0.4, 0.5) is 0 Å². The van der Waals surface area contributed by atoms with Crippen molar-refractivity contribution in [1.29, 1.82) is 0 Å². The summed E-state index contributed by atoms with van der Waals surface area (Å²) in [6.07, 6.45) is 0. The molecule has 0 aromatic rings. The zero-order chi connectivity index (χ0) is 4.50. The fourth-order valence-corrected chi connectivity index (χ4v) is 0. The third-order valence-corrected chi connectivity index (χ3v) is 0. The number of phosphoric acid groups is 1. The van der Waals surface area contributed by atoms with E-state index in [4.69, 9.17) is 19.2 Å². The van der Waals surface area contributed by atoms with Crippen LogP contribution in [-0.4, -0.2) is 142 Å². The Morgan fingerprint density at radius 1 is 1.00 bits per heavy atom. The largest absolute Gasteiger partial charge is 0 e. The second-order valence-electron chi connectivity index (χ2n) is 0.513. The number of hydrogen-bond donors (Lipinski definition) is 3. The molecule has 3 N–H and O–H groups in total. The van der Waals surface area contributed by atoms with Gasteiger partial charge in [-0.1, -0.05) is 0 Å². The molecule has 0 amide bonds. The van der Waals surface area contributed by atoms with Crippen LogP contribution in [0.25, 0.3) is 0 Å². The van der Waals surface area contributed by atoms with Gasteiger partial charge >= 0.3 is 118 Å². The summed E-state index contributed by atoms with van der Waals surface area (Å²) < 4.78 is 8.88. The van der Waals surface area contributed by atoms with E-state index in [1.165, 1.54) is 0 Å². The molecular formula is H11AlLaLiO4PSr2Ti. The van der Waals surface area contributed by atoms with Crippen LogP contribution in [0.1, 0.15) is 0 Å². The predicted molar refractivity (Wildman–Crippen MR) is 48.4 cm³/mol.